The zero-order chi connectivity index (χ0) is 21.1. The number of amides is 1. The largest absolute Gasteiger partial charge is 0.477 e. The first-order valence-electron chi connectivity index (χ1n) is 9.87. The van der Waals surface area contributed by atoms with Gasteiger partial charge in [-0.05, 0) is 36.6 Å². The normalized spacial score (nSPS) is 11.1. The molecule has 0 radical (unpaired) electrons. The van der Waals surface area contributed by atoms with Crippen molar-refractivity contribution in [3.63, 3.8) is 0 Å². The van der Waals surface area contributed by atoms with Crippen LogP contribution in [0.1, 0.15) is 34.8 Å². The van der Waals surface area contributed by atoms with Gasteiger partial charge in [-0.2, -0.15) is 0 Å². The van der Waals surface area contributed by atoms with Crippen molar-refractivity contribution in [2.45, 2.75) is 26.3 Å². The molecule has 1 amide bonds. The number of aromatic nitrogens is 1. The number of carbonyl (C=O) groups excluding carboxylic acids is 1. The molecule has 0 aliphatic rings. The number of carbonyl (C=O) groups is 1. The van der Waals surface area contributed by atoms with Gasteiger partial charge in [0.2, 0.25) is 5.88 Å². The molecule has 7 heteroatoms. The highest BCUT2D eigenvalue weighted by molar-refractivity contribution is 5.94. The van der Waals surface area contributed by atoms with Gasteiger partial charge >= 0.3 is 0 Å². The second-order valence-corrected chi connectivity index (χ2v) is 6.82. The topological polar surface area (TPSA) is 78.8 Å². The number of nitrogens with zero attached hydrogens (tertiary/aromatic N) is 3. The number of hydrogen-bond acceptors (Lipinski definition) is 4. The Bertz CT molecular complexity index is 820. The summed E-state index contributed by atoms with van der Waals surface area (Å²) >= 11 is 0. The molecule has 0 fully saturated rings. The van der Waals surface area contributed by atoms with E-state index < -0.39 is 0 Å². The van der Waals surface area contributed by atoms with Crippen molar-refractivity contribution >= 4 is 11.9 Å². The van der Waals surface area contributed by atoms with Crippen molar-refractivity contribution in [3.05, 3.63) is 59.3 Å². The maximum atomic E-state index is 12.1. The average Bonchev–Trinajstić information content (AvgIpc) is 2.74. The monoisotopic (exact) mass is 397 g/mol. The van der Waals surface area contributed by atoms with E-state index in [0.29, 0.717) is 37.1 Å². The van der Waals surface area contributed by atoms with E-state index in [9.17, 15) is 4.79 Å². The number of hydrogen-bond donors (Lipinski definition) is 2. The highest BCUT2D eigenvalue weighted by Gasteiger charge is 2.09. The van der Waals surface area contributed by atoms with Crippen molar-refractivity contribution in [2.24, 2.45) is 4.99 Å². The lowest BCUT2D eigenvalue weighted by Gasteiger charge is -2.14. The van der Waals surface area contributed by atoms with E-state index in [0.717, 1.165) is 24.0 Å². The minimum absolute atomic E-state index is 0.00912. The van der Waals surface area contributed by atoms with Crippen LogP contribution in [0.3, 0.4) is 0 Å². The second-order valence-electron chi connectivity index (χ2n) is 6.82. The Morgan fingerprint density at radius 3 is 2.76 bits per heavy atom. The third kappa shape index (κ3) is 7.10. The summed E-state index contributed by atoms with van der Waals surface area (Å²) in [5.41, 5.74) is 2.79. The van der Waals surface area contributed by atoms with Crippen LogP contribution in [0.4, 0.5) is 0 Å². The predicted molar refractivity (Wildman–Crippen MR) is 116 cm³/mol. The Labute approximate surface area is 173 Å². The first-order valence-corrected chi connectivity index (χ1v) is 9.87. The van der Waals surface area contributed by atoms with Gasteiger partial charge in [-0.15, -0.1) is 0 Å². The Hall–Kier alpha value is -3.09. The fourth-order valence-corrected chi connectivity index (χ4v) is 2.73. The van der Waals surface area contributed by atoms with Crippen molar-refractivity contribution in [1.82, 2.24) is 20.5 Å². The summed E-state index contributed by atoms with van der Waals surface area (Å²) < 4.78 is 5.70. The van der Waals surface area contributed by atoms with Gasteiger partial charge < -0.3 is 20.3 Å². The predicted octanol–water partition coefficient (Wildman–Crippen LogP) is 2.48. The molecular formula is C22H31N5O2. The SMILES string of the molecule is CCCOc1ncccc1CNC(=NC)NCCc1cccc(C(=O)N(C)C)c1. The fraction of sp³-hybridized carbons (Fsp3) is 0.409. The van der Waals surface area contributed by atoms with Crippen LogP contribution < -0.4 is 15.4 Å². The highest BCUT2D eigenvalue weighted by Crippen LogP contribution is 2.14. The van der Waals surface area contributed by atoms with E-state index in [1.54, 1.807) is 32.2 Å². The van der Waals surface area contributed by atoms with Gasteiger partial charge in [-0.25, -0.2) is 4.98 Å². The summed E-state index contributed by atoms with van der Waals surface area (Å²) in [5.74, 6) is 1.37. The fourth-order valence-electron chi connectivity index (χ4n) is 2.73. The Morgan fingerprint density at radius 1 is 1.21 bits per heavy atom. The lowest BCUT2D eigenvalue weighted by Crippen LogP contribution is -2.38. The minimum atomic E-state index is 0.00912. The van der Waals surface area contributed by atoms with Gasteiger partial charge in [0.25, 0.3) is 5.91 Å². The maximum Gasteiger partial charge on any atom is 0.253 e. The smallest absolute Gasteiger partial charge is 0.253 e. The van der Waals surface area contributed by atoms with Gasteiger partial charge in [0.15, 0.2) is 5.96 Å². The Balaban J connectivity index is 1.86. The number of guanidine groups is 1. The van der Waals surface area contributed by atoms with Crippen LogP contribution in [0.5, 0.6) is 5.88 Å². The molecule has 2 N–H and O–H groups in total. The van der Waals surface area contributed by atoms with Crippen LogP contribution in [0, 0.1) is 0 Å². The van der Waals surface area contributed by atoms with E-state index in [1.807, 2.05) is 36.4 Å². The first-order chi connectivity index (χ1) is 14.0. The van der Waals surface area contributed by atoms with Crippen molar-refractivity contribution in [1.29, 1.82) is 0 Å². The summed E-state index contributed by atoms with van der Waals surface area (Å²) in [6.45, 7) is 3.98. The number of benzene rings is 1. The van der Waals surface area contributed by atoms with E-state index in [1.165, 1.54) is 0 Å². The molecule has 0 saturated carbocycles. The van der Waals surface area contributed by atoms with Crippen molar-refractivity contribution in [2.75, 3.05) is 34.3 Å². The van der Waals surface area contributed by atoms with Gasteiger partial charge in [0.1, 0.15) is 0 Å². The molecular weight excluding hydrogens is 366 g/mol. The van der Waals surface area contributed by atoms with Gasteiger partial charge in [0, 0.05) is 51.6 Å². The third-order valence-electron chi connectivity index (χ3n) is 4.25. The summed E-state index contributed by atoms with van der Waals surface area (Å²) in [5, 5.41) is 6.60. The quantitative estimate of drug-likeness (QED) is 0.502. The number of pyridine rings is 1. The minimum Gasteiger partial charge on any atom is -0.477 e. The number of rotatable bonds is 9. The molecule has 0 atom stereocenters. The first kappa shape index (κ1) is 22.2. The molecule has 0 spiro atoms. The number of aliphatic imine (C=N–C) groups is 1. The molecule has 0 unspecified atom stereocenters. The second kappa shape index (κ2) is 11.7. The molecule has 29 heavy (non-hydrogen) atoms. The number of nitrogens with one attached hydrogen (secondary N) is 2. The molecule has 2 aromatic rings. The molecule has 1 heterocycles. The van der Waals surface area contributed by atoms with Crippen molar-refractivity contribution < 1.29 is 9.53 Å². The molecule has 7 nitrogen and oxygen atoms in total. The third-order valence-corrected chi connectivity index (χ3v) is 4.25. The van der Waals surface area contributed by atoms with E-state index in [2.05, 4.69) is 27.5 Å². The van der Waals surface area contributed by atoms with E-state index >= 15 is 0 Å². The summed E-state index contributed by atoms with van der Waals surface area (Å²) in [4.78, 5) is 22.3. The van der Waals surface area contributed by atoms with Crippen LogP contribution in [0.15, 0.2) is 47.6 Å². The zero-order valence-corrected chi connectivity index (χ0v) is 17.7. The van der Waals surface area contributed by atoms with Gasteiger partial charge in [-0.1, -0.05) is 25.1 Å². The summed E-state index contributed by atoms with van der Waals surface area (Å²) in [7, 11) is 5.25. The van der Waals surface area contributed by atoms with Crippen LogP contribution in [0.2, 0.25) is 0 Å². The highest BCUT2D eigenvalue weighted by atomic mass is 16.5. The molecule has 156 valence electrons. The molecule has 1 aromatic heterocycles. The number of ether oxygens (including phenoxy) is 1. The Kier molecular flexibility index (Phi) is 8.95. The molecule has 0 aliphatic heterocycles. The van der Waals surface area contributed by atoms with Crippen LogP contribution >= 0.6 is 0 Å². The van der Waals surface area contributed by atoms with E-state index in [-0.39, 0.29) is 5.91 Å². The van der Waals surface area contributed by atoms with Gasteiger partial charge in [0.05, 0.1) is 6.61 Å². The van der Waals surface area contributed by atoms with Crippen molar-refractivity contribution in [3.8, 4) is 5.88 Å². The Morgan fingerprint density at radius 2 is 2.03 bits per heavy atom. The van der Waals surface area contributed by atoms with Crippen LogP contribution in [-0.2, 0) is 13.0 Å². The molecule has 0 bridgehead atoms. The molecule has 0 aliphatic carbocycles. The van der Waals surface area contributed by atoms with Crippen LogP contribution in [0.25, 0.3) is 0 Å². The molecule has 1 aromatic carbocycles. The molecule has 0 saturated heterocycles. The summed E-state index contributed by atoms with van der Waals surface area (Å²) in [6.07, 6.45) is 3.46. The standard InChI is InChI=1S/C22H31N5O2/c1-5-14-29-20-19(10-7-12-24-20)16-26-22(23-2)25-13-11-17-8-6-9-18(15-17)21(28)27(3)4/h6-10,12,15H,5,11,13-14,16H2,1-4H3,(H2,23,25,26). The lowest BCUT2D eigenvalue weighted by molar-refractivity contribution is 0.0827. The lowest BCUT2D eigenvalue weighted by atomic mass is 10.1. The molecule has 2 rings (SSSR count). The van der Waals surface area contributed by atoms with Crippen LogP contribution in [-0.4, -0.2) is 56.0 Å². The average molecular weight is 398 g/mol. The zero-order valence-electron chi connectivity index (χ0n) is 17.7. The summed E-state index contributed by atoms with van der Waals surface area (Å²) in [6, 6.07) is 11.6. The van der Waals surface area contributed by atoms with E-state index in [4.69, 9.17) is 4.74 Å². The maximum absolute atomic E-state index is 12.1. The van der Waals surface area contributed by atoms with Gasteiger partial charge in [-0.3, -0.25) is 9.79 Å².